The first kappa shape index (κ1) is 10.1. The molecule has 4 N–H and O–H groups in total. The molecule has 1 aromatic rings. The lowest BCUT2D eigenvalue weighted by Gasteiger charge is -2.04. The molecule has 0 spiro atoms. The molecule has 0 fully saturated rings. The SMILES string of the molecule is NCNCCc1ccc2c(c1)CC(=O)N2. The second-order valence-electron chi connectivity index (χ2n) is 3.67. The van der Waals surface area contributed by atoms with Crippen LogP contribution in [0.2, 0.25) is 0 Å². The molecule has 0 aliphatic carbocycles. The van der Waals surface area contributed by atoms with Gasteiger partial charge < -0.3 is 16.4 Å². The quantitative estimate of drug-likeness (QED) is 0.487. The highest BCUT2D eigenvalue weighted by Gasteiger charge is 2.16. The summed E-state index contributed by atoms with van der Waals surface area (Å²) in [6.45, 7) is 1.38. The van der Waals surface area contributed by atoms with Crippen LogP contribution in [0.1, 0.15) is 11.1 Å². The number of rotatable bonds is 4. The van der Waals surface area contributed by atoms with Crippen LogP contribution in [0, 0.1) is 0 Å². The fraction of sp³-hybridized carbons (Fsp3) is 0.364. The predicted octanol–water partition coefficient (Wildman–Crippen LogP) is 0.230. The zero-order chi connectivity index (χ0) is 10.7. The van der Waals surface area contributed by atoms with Crippen molar-refractivity contribution in [1.29, 1.82) is 0 Å². The number of fused-ring (bicyclic) bond motifs is 1. The number of nitrogens with one attached hydrogen (secondary N) is 2. The summed E-state index contributed by atoms with van der Waals surface area (Å²) in [4.78, 5) is 11.1. The van der Waals surface area contributed by atoms with Crippen molar-refractivity contribution in [1.82, 2.24) is 5.32 Å². The molecule has 1 aliphatic heterocycles. The molecule has 0 aromatic heterocycles. The van der Waals surface area contributed by atoms with Crippen molar-refractivity contribution in [3.63, 3.8) is 0 Å². The molecule has 4 nitrogen and oxygen atoms in total. The molecule has 15 heavy (non-hydrogen) atoms. The zero-order valence-corrected chi connectivity index (χ0v) is 8.55. The van der Waals surface area contributed by atoms with Gasteiger partial charge in [0.1, 0.15) is 0 Å². The number of amides is 1. The maximum absolute atomic E-state index is 11.1. The third kappa shape index (κ3) is 2.34. The molecular formula is C11H15N3O. The van der Waals surface area contributed by atoms with Crippen molar-refractivity contribution >= 4 is 11.6 Å². The fourth-order valence-corrected chi connectivity index (χ4v) is 1.77. The highest BCUT2D eigenvalue weighted by atomic mass is 16.1. The minimum atomic E-state index is 0.0854. The molecular weight excluding hydrogens is 190 g/mol. The molecule has 1 amide bonds. The van der Waals surface area contributed by atoms with Crippen LogP contribution in [0.4, 0.5) is 5.69 Å². The Balaban J connectivity index is 2.03. The lowest BCUT2D eigenvalue weighted by atomic mass is 10.1. The fourth-order valence-electron chi connectivity index (χ4n) is 1.77. The standard InChI is InChI=1S/C11H15N3O/c12-7-13-4-3-8-1-2-10-9(5-8)6-11(15)14-10/h1-2,5,13H,3-4,6-7,12H2,(H,14,15). The Bertz CT molecular complexity index is 376. The highest BCUT2D eigenvalue weighted by molar-refractivity contribution is 5.99. The lowest BCUT2D eigenvalue weighted by Crippen LogP contribution is -2.24. The third-order valence-electron chi connectivity index (χ3n) is 2.53. The van der Waals surface area contributed by atoms with E-state index >= 15 is 0 Å². The number of benzene rings is 1. The molecule has 0 atom stereocenters. The van der Waals surface area contributed by atoms with Crippen molar-refractivity contribution in [3.8, 4) is 0 Å². The summed E-state index contributed by atoms with van der Waals surface area (Å²) in [5.41, 5.74) is 8.63. The topological polar surface area (TPSA) is 67.1 Å². The summed E-state index contributed by atoms with van der Waals surface area (Å²) < 4.78 is 0. The van der Waals surface area contributed by atoms with Crippen LogP contribution < -0.4 is 16.4 Å². The highest BCUT2D eigenvalue weighted by Crippen LogP contribution is 2.23. The molecule has 0 saturated carbocycles. The van der Waals surface area contributed by atoms with Gasteiger partial charge in [0.2, 0.25) is 5.91 Å². The van der Waals surface area contributed by atoms with Crippen LogP contribution in [0.3, 0.4) is 0 Å². The van der Waals surface area contributed by atoms with E-state index in [0.717, 1.165) is 24.2 Å². The van der Waals surface area contributed by atoms with Crippen LogP contribution in [0.25, 0.3) is 0 Å². The van der Waals surface area contributed by atoms with Gasteiger partial charge in [0.15, 0.2) is 0 Å². The van der Waals surface area contributed by atoms with Crippen LogP contribution in [-0.4, -0.2) is 19.1 Å². The summed E-state index contributed by atoms with van der Waals surface area (Å²) in [7, 11) is 0. The van der Waals surface area contributed by atoms with E-state index in [1.807, 2.05) is 12.1 Å². The molecule has 0 saturated heterocycles. The van der Waals surface area contributed by atoms with Gasteiger partial charge in [0, 0.05) is 18.9 Å². The van der Waals surface area contributed by atoms with Gasteiger partial charge in [-0.3, -0.25) is 4.79 Å². The Hall–Kier alpha value is -1.39. The van der Waals surface area contributed by atoms with Gasteiger partial charge in [-0.25, -0.2) is 0 Å². The second-order valence-corrected chi connectivity index (χ2v) is 3.67. The first-order valence-corrected chi connectivity index (χ1v) is 5.12. The van der Waals surface area contributed by atoms with Gasteiger partial charge >= 0.3 is 0 Å². The van der Waals surface area contributed by atoms with Crippen LogP contribution in [-0.2, 0) is 17.6 Å². The molecule has 0 bridgehead atoms. The van der Waals surface area contributed by atoms with E-state index in [9.17, 15) is 4.79 Å². The van der Waals surface area contributed by atoms with Crippen LogP contribution in [0.15, 0.2) is 18.2 Å². The second kappa shape index (κ2) is 4.42. The average molecular weight is 205 g/mol. The summed E-state index contributed by atoms with van der Waals surface area (Å²) in [6, 6.07) is 6.10. The monoisotopic (exact) mass is 205 g/mol. The first-order chi connectivity index (χ1) is 7.29. The number of hydrogen-bond acceptors (Lipinski definition) is 3. The Morgan fingerprint density at radius 2 is 2.33 bits per heavy atom. The molecule has 80 valence electrons. The minimum absolute atomic E-state index is 0.0854. The first-order valence-electron chi connectivity index (χ1n) is 5.12. The average Bonchev–Trinajstić information content (AvgIpc) is 2.57. The summed E-state index contributed by atoms with van der Waals surface area (Å²) in [6.07, 6.45) is 1.45. The van der Waals surface area contributed by atoms with Gasteiger partial charge in [-0.15, -0.1) is 0 Å². The summed E-state index contributed by atoms with van der Waals surface area (Å²) in [5.74, 6) is 0.0854. The van der Waals surface area contributed by atoms with E-state index in [4.69, 9.17) is 5.73 Å². The van der Waals surface area contributed by atoms with E-state index in [1.165, 1.54) is 5.56 Å². The largest absolute Gasteiger partial charge is 0.326 e. The molecule has 0 radical (unpaired) electrons. The number of carbonyl (C=O) groups excluding carboxylic acids is 1. The molecule has 1 aliphatic rings. The van der Waals surface area contributed by atoms with Crippen molar-refractivity contribution in [3.05, 3.63) is 29.3 Å². The number of carbonyl (C=O) groups is 1. The van der Waals surface area contributed by atoms with Gasteiger partial charge in [0.25, 0.3) is 0 Å². The van der Waals surface area contributed by atoms with Crippen LogP contribution >= 0.6 is 0 Å². The Labute approximate surface area is 88.9 Å². The maximum atomic E-state index is 11.1. The van der Waals surface area contributed by atoms with Gasteiger partial charge in [-0.05, 0) is 23.6 Å². The third-order valence-corrected chi connectivity index (χ3v) is 2.53. The van der Waals surface area contributed by atoms with Crippen molar-refractivity contribution < 1.29 is 4.79 Å². The van der Waals surface area contributed by atoms with Crippen molar-refractivity contribution in [2.75, 3.05) is 18.5 Å². The van der Waals surface area contributed by atoms with Gasteiger partial charge in [-0.1, -0.05) is 12.1 Å². The minimum Gasteiger partial charge on any atom is -0.326 e. The number of nitrogens with two attached hydrogens (primary N) is 1. The van der Waals surface area contributed by atoms with E-state index < -0.39 is 0 Å². The lowest BCUT2D eigenvalue weighted by molar-refractivity contribution is -0.115. The molecule has 1 heterocycles. The normalized spacial score (nSPS) is 13.8. The van der Waals surface area contributed by atoms with Crippen molar-refractivity contribution in [2.24, 2.45) is 5.73 Å². The van der Waals surface area contributed by atoms with Crippen molar-refractivity contribution in [2.45, 2.75) is 12.8 Å². The van der Waals surface area contributed by atoms with Gasteiger partial charge in [0.05, 0.1) is 6.42 Å². The molecule has 0 unspecified atom stereocenters. The van der Waals surface area contributed by atoms with E-state index in [2.05, 4.69) is 16.7 Å². The van der Waals surface area contributed by atoms with E-state index in [-0.39, 0.29) is 5.91 Å². The Kier molecular flexibility index (Phi) is 2.99. The Morgan fingerprint density at radius 3 is 3.13 bits per heavy atom. The maximum Gasteiger partial charge on any atom is 0.228 e. The van der Waals surface area contributed by atoms with E-state index in [1.54, 1.807) is 0 Å². The molecule has 2 rings (SSSR count). The molecule has 1 aromatic carbocycles. The number of hydrogen-bond donors (Lipinski definition) is 3. The predicted molar refractivity (Wildman–Crippen MR) is 59.5 cm³/mol. The molecule has 4 heteroatoms. The van der Waals surface area contributed by atoms with Crippen LogP contribution in [0.5, 0.6) is 0 Å². The summed E-state index contributed by atoms with van der Waals surface area (Å²) in [5, 5.41) is 5.89. The van der Waals surface area contributed by atoms with Gasteiger partial charge in [-0.2, -0.15) is 0 Å². The van der Waals surface area contributed by atoms with E-state index in [0.29, 0.717) is 13.1 Å². The smallest absolute Gasteiger partial charge is 0.228 e. The zero-order valence-electron chi connectivity index (χ0n) is 8.55. The Morgan fingerprint density at radius 1 is 1.47 bits per heavy atom. The summed E-state index contributed by atoms with van der Waals surface area (Å²) >= 11 is 0. The number of anilines is 1.